The van der Waals surface area contributed by atoms with E-state index in [0.717, 1.165) is 6.42 Å². The van der Waals surface area contributed by atoms with Crippen molar-refractivity contribution in [1.82, 2.24) is 0 Å². The van der Waals surface area contributed by atoms with Gasteiger partial charge in [0.2, 0.25) is 0 Å². The fourth-order valence-corrected chi connectivity index (χ4v) is 3.55. The standard InChI is InChI=1S/C12H14ClFOS/c1-8-5-12(15,7-16-8)6-9-3-2-4-10(14)11(9)13/h2-4,8,15H,5-7H2,1H3. The number of thioether (sulfide) groups is 1. The molecule has 0 saturated carbocycles. The van der Waals surface area contributed by atoms with Gasteiger partial charge in [-0.3, -0.25) is 0 Å². The first-order valence-electron chi connectivity index (χ1n) is 5.27. The summed E-state index contributed by atoms with van der Waals surface area (Å²) in [6, 6.07) is 4.74. The van der Waals surface area contributed by atoms with Gasteiger partial charge in [0.05, 0.1) is 10.6 Å². The average molecular weight is 261 g/mol. The Balaban J connectivity index is 2.18. The summed E-state index contributed by atoms with van der Waals surface area (Å²) in [5.74, 6) is 0.280. The van der Waals surface area contributed by atoms with E-state index in [0.29, 0.717) is 23.0 Å². The molecule has 0 aromatic heterocycles. The van der Waals surface area contributed by atoms with Gasteiger partial charge in [-0.1, -0.05) is 30.7 Å². The van der Waals surface area contributed by atoms with Crippen LogP contribution in [0.1, 0.15) is 18.9 Å². The smallest absolute Gasteiger partial charge is 0.142 e. The van der Waals surface area contributed by atoms with Crippen molar-refractivity contribution in [3.8, 4) is 0 Å². The molecule has 2 atom stereocenters. The van der Waals surface area contributed by atoms with E-state index in [1.807, 2.05) is 0 Å². The quantitative estimate of drug-likeness (QED) is 0.881. The molecule has 1 aliphatic heterocycles. The molecule has 4 heteroatoms. The molecule has 0 amide bonds. The minimum Gasteiger partial charge on any atom is -0.389 e. The lowest BCUT2D eigenvalue weighted by Crippen LogP contribution is -2.31. The molecule has 2 unspecified atom stereocenters. The highest BCUT2D eigenvalue weighted by Gasteiger charge is 2.36. The van der Waals surface area contributed by atoms with E-state index in [1.54, 1.807) is 23.9 Å². The summed E-state index contributed by atoms with van der Waals surface area (Å²) >= 11 is 7.62. The molecule has 0 aliphatic carbocycles. The molecule has 1 heterocycles. The zero-order valence-electron chi connectivity index (χ0n) is 9.04. The van der Waals surface area contributed by atoms with Gasteiger partial charge in [0.1, 0.15) is 5.82 Å². The summed E-state index contributed by atoms with van der Waals surface area (Å²) in [6.45, 7) is 2.09. The molecule has 0 radical (unpaired) electrons. The van der Waals surface area contributed by atoms with E-state index in [1.165, 1.54) is 6.07 Å². The first kappa shape index (κ1) is 12.2. The Morgan fingerprint density at radius 2 is 2.38 bits per heavy atom. The largest absolute Gasteiger partial charge is 0.389 e. The molecule has 2 rings (SSSR count). The first-order chi connectivity index (χ1) is 7.50. The summed E-state index contributed by atoms with van der Waals surface area (Å²) in [7, 11) is 0. The molecule has 0 bridgehead atoms. The maximum absolute atomic E-state index is 13.2. The van der Waals surface area contributed by atoms with Crippen molar-refractivity contribution < 1.29 is 9.50 Å². The summed E-state index contributed by atoms with van der Waals surface area (Å²) in [5.41, 5.74) is -0.0412. The van der Waals surface area contributed by atoms with Gasteiger partial charge >= 0.3 is 0 Å². The van der Waals surface area contributed by atoms with Crippen LogP contribution in [0.15, 0.2) is 18.2 Å². The summed E-state index contributed by atoms with van der Waals surface area (Å²) in [4.78, 5) is 0. The van der Waals surface area contributed by atoms with E-state index in [4.69, 9.17) is 11.6 Å². The fraction of sp³-hybridized carbons (Fsp3) is 0.500. The molecule has 1 N–H and O–H groups in total. The van der Waals surface area contributed by atoms with Crippen molar-refractivity contribution in [1.29, 1.82) is 0 Å². The number of aliphatic hydroxyl groups is 1. The zero-order chi connectivity index (χ0) is 11.8. The second-order valence-electron chi connectivity index (χ2n) is 4.44. The number of hydrogen-bond donors (Lipinski definition) is 1. The molecule has 1 saturated heterocycles. The number of rotatable bonds is 2. The van der Waals surface area contributed by atoms with Crippen molar-refractivity contribution in [3.05, 3.63) is 34.6 Å². The highest BCUT2D eigenvalue weighted by molar-refractivity contribution is 8.00. The summed E-state index contributed by atoms with van der Waals surface area (Å²) < 4.78 is 13.2. The fourth-order valence-electron chi connectivity index (χ4n) is 2.11. The SMILES string of the molecule is CC1CC(O)(Cc2cccc(F)c2Cl)CS1. The molecular weight excluding hydrogens is 247 g/mol. The normalized spacial score (nSPS) is 29.6. The minimum atomic E-state index is -0.735. The molecular formula is C12H14ClFOS. The number of hydrogen-bond acceptors (Lipinski definition) is 2. The van der Waals surface area contributed by atoms with Gasteiger partial charge in [0.25, 0.3) is 0 Å². The van der Waals surface area contributed by atoms with E-state index in [9.17, 15) is 9.50 Å². The van der Waals surface area contributed by atoms with E-state index in [2.05, 4.69) is 6.92 Å². The predicted octanol–water partition coefficient (Wildman–Crippen LogP) is 3.28. The summed E-state index contributed by atoms with van der Waals surface area (Å²) in [6.07, 6.45) is 1.17. The number of benzene rings is 1. The third-order valence-corrected chi connectivity index (χ3v) is 4.72. The molecule has 1 aromatic carbocycles. The molecule has 0 spiro atoms. The summed E-state index contributed by atoms with van der Waals surface area (Å²) in [5, 5.41) is 10.9. The maximum atomic E-state index is 13.2. The van der Waals surface area contributed by atoms with Crippen molar-refractivity contribution >= 4 is 23.4 Å². The topological polar surface area (TPSA) is 20.2 Å². The Hall–Kier alpha value is -0.250. The highest BCUT2D eigenvalue weighted by atomic mass is 35.5. The Morgan fingerprint density at radius 1 is 1.62 bits per heavy atom. The number of halogens is 2. The lowest BCUT2D eigenvalue weighted by molar-refractivity contribution is 0.0642. The van der Waals surface area contributed by atoms with E-state index in [-0.39, 0.29) is 5.02 Å². The van der Waals surface area contributed by atoms with Crippen LogP contribution < -0.4 is 0 Å². The highest BCUT2D eigenvalue weighted by Crippen LogP contribution is 2.37. The van der Waals surface area contributed by atoms with Crippen LogP contribution in [-0.4, -0.2) is 21.7 Å². The van der Waals surface area contributed by atoms with Crippen molar-refractivity contribution in [2.24, 2.45) is 0 Å². The minimum absolute atomic E-state index is 0.139. The van der Waals surface area contributed by atoms with Crippen LogP contribution in [0.2, 0.25) is 5.02 Å². The Morgan fingerprint density at radius 3 is 3.00 bits per heavy atom. The molecule has 1 aromatic rings. The maximum Gasteiger partial charge on any atom is 0.142 e. The van der Waals surface area contributed by atoms with Crippen LogP contribution in [-0.2, 0) is 6.42 Å². The second-order valence-corrected chi connectivity index (χ2v) is 6.24. The van der Waals surface area contributed by atoms with Gasteiger partial charge in [-0.2, -0.15) is 11.8 Å². The first-order valence-corrected chi connectivity index (χ1v) is 6.70. The van der Waals surface area contributed by atoms with Gasteiger partial charge < -0.3 is 5.11 Å². The Labute approximate surface area is 104 Å². The van der Waals surface area contributed by atoms with Gasteiger partial charge in [-0.15, -0.1) is 0 Å². The van der Waals surface area contributed by atoms with Crippen LogP contribution in [0.3, 0.4) is 0 Å². The average Bonchev–Trinajstić information content (AvgIpc) is 2.54. The lowest BCUT2D eigenvalue weighted by Gasteiger charge is -2.22. The van der Waals surface area contributed by atoms with Gasteiger partial charge in [0.15, 0.2) is 0 Å². The third-order valence-electron chi connectivity index (χ3n) is 2.86. The third kappa shape index (κ3) is 2.53. The Bertz CT molecular complexity index is 399. The van der Waals surface area contributed by atoms with Crippen molar-refractivity contribution in [2.45, 2.75) is 30.6 Å². The molecule has 88 valence electrons. The van der Waals surface area contributed by atoms with Gasteiger partial charge in [-0.25, -0.2) is 4.39 Å². The van der Waals surface area contributed by atoms with Gasteiger partial charge in [-0.05, 0) is 18.1 Å². The van der Waals surface area contributed by atoms with Crippen LogP contribution in [0, 0.1) is 5.82 Å². The van der Waals surface area contributed by atoms with Gasteiger partial charge in [0, 0.05) is 17.4 Å². The van der Waals surface area contributed by atoms with Crippen LogP contribution in [0.25, 0.3) is 0 Å². The monoisotopic (exact) mass is 260 g/mol. The lowest BCUT2D eigenvalue weighted by atomic mass is 9.92. The molecule has 1 aliphatic rings. The van der Waals surface area contributed by atoms with Crippen LogP contribution >= 0.6 is 23.4 Å². The van der Waals surface area contributed by atoms with Crippen molar-refractivity contribution in [2.75, 3.05) is 5.75 Å². The van der Waals surface area contributed by atoms with Crippen molar-refractivity contribution in [3.63, 3.8) is 0 Å². The van der Waals surface area contributed by atoms with E-state index < -0.39 is 11.4 Å². The molecule has 1 fully saturated rings. The van der Waals surface area contributed by atoms with Crippen LogP contribution in [0.5, 0.6) is 0 Å². The van der Waals surface area contributed by atoms with E-state index >= 15 is 0 Å². The van der Waals surface area contributed by atoms with Crippen LogP contribution in [0.4, 0.5) is 4.39 Å². The molecule has 16 heavy (non-hydrogen) atoms. The second kappa shape index (κ2) is 4.55. The predicted molar refractivity (Wildman–Crippen MR) is 66.6 cm³/mol. The molecule has 1 nitrogen and oxygen atoms in total. The Kier molecular flexibility index (Phi) is 3.48. The zero-order valence-corrected chi connectivity index (χ0v) is 10.6.